The topological polar surface area (TPSA) is 117 Å². The van der Waals surface area contributed by atoms with Gasteiger partial charge in [0.25, 0.3) is 10.0 Å². The Hall–Kier alpha value is -3.01. The molecule has 0 radical (unpaired) electrons. The molecule has 0 aromatic heterocycles. The van der Waals surface area contributed by atoms with Gasteiger partial charge in [0, 0.05) is 24.3 Å². The van der Waals surface area contributed by atoms with E-state index in [2.05, 4.69) is 4.72 Å². The zero-order valence-corrected chi connectivity index (χ0v) is 14.5. The van der Waals surface area contributed by atoms with E-state index in [0.29, 0.717) is 11.5 Å². The maximum absolute atomic E-state index is 12.5. The predicted octanol–water partition coefficient (Wildman–Crippen LogP) is 2.42. The first-order chi connectivity index (χ1) is 11.8. The van der Waals surface area contributed by atoms with Crippen LogP contribution in [0.2, 0.25) is 0 Å². The lowest BCUT2D eigenvalue weighted by Gasteiger charge is -2.12. The highest BCUT2D eigenvalue weighted by Gasteiger charge is 2.22. The van der Waals surface area contributed by atoms with Gasteiger partial charge in [0.05, 0.1) is 36.8 Å². The van der Waals surface area contributed by atoms with Gasteiger partial charge in [0.2, 0.25) is 0 Å². The molecule has 134 valence electrons. The fourth-order valence-corrected chi connectivity index (χ4v) is 3.12. The summed E-state index contributed by atoms with van der Waals surface area (Å²) >= 11 is 0. The maximum Gasteiger partial charge on any atom is 0.312 e. The zero-order chi connectivity index (χ0) is 18.6. The molecule has 25 heavy (non-hydrogen) atoms. The molecular formula is C15H16N2O7S. The molecule has 10 heteroatoms. The summed E-state index contributed by atoms with van der Waals surface area (Å²) in [5.74, 6) is 0.738. The number of nitrogens with one attached hydrogen (secondary N) is 1. The molecular weight excluding hydrogens is 352 g/mol. The average molecular weight is 368 g/mol. The van der Waals surface area contributed by atoms with Crippen LogP contribution in [0.25, 0.3) is 0 Å². The molecule has 1 N–H and O–H groups in total. The largest absolute Gasteiger partial charge is 0.497 e. The Morgan fingerprint density at radius 3 is 2.04 bits per heavy atom. The summed E-state index contributed by atoms with van der Waals surface area (Å²) in [4.78, 5) is 10.1. The number of hydrogen-bond acceptors (Lipinski definition) is 7. The van der Waals surface area contributed by atoms with Gasteiger partial charge in [-0.05, 0) is 12.1 Å². The monoisotopic (exact) mass is 368 g/mol. The van der Waals surface area contributed by atoms with Gasteiger partial charge >= 0.3 is 5.69 Å². The standard InChI is InChI=1S/C15H16N2O7S/c1-22-11-6-10(7-12(8-11)23-2)16-25(20,21)13-4-5-15(24-3)14(9-13)17(18)19/h4-9,16H,1-3H3. The summed E-state index contributed by atoms with van der Waals surface area (Å²) < 4.78 is 42.4. The van der Waals surface area contributed by atoms with E-state index < -0.39 is 20.6 Å². The molecule has 0 atom stereocenters. The van der Waals surface area contributed by atoms with Crippen LogP contribution in [0.5, 0.6) is 17.2 Å². The van der Waals surface area contributed by atoms with Crippen LogP contribution in [0.4, 0.5) is 11.4 Å². The number of nitrogens with zero attached hydrogens (tertiary/aromatic N) is 1. The van der Waals surface area contributed by atoms with Gasteiger partial charge in [-0.25, -0.2) is 8.42 Å². The second kappa shape index (κ2) is 7.26. The summed E-state index contributed by atoms with van der Waals surface area (Å²) in [7, 11) is 0.0567. The third kappa shape index (κ3) is 4.10. The van der Waals surface area contributed by atoms with Crippen molar-refractivity contribution in [3.63, 3.8) is 0 Å². The summed E-state index contributed by atoms with van der Waals surface area (Å²) in [5, 5.41) is 11.1. The minimum atomic E-state index is -4.07. The van der Waals surface area contributed by atoms with Crippen molar-refractivity contribution < 1.29 is 27.6 Å². The lowest BCUT2D eigenvalue weighted by molar-refractivity contribution is -0.386. The van der Waals surface area contributed by atoms with E-state index in [0.717, 1.165) is 6.07 Å². The molecule has 0 aliphatic rings. The third-order valence-corrected chi connectivity index (χ3v) is 4.64. The first kappa shape index (κ1) is 18.3. The number of rotatable bonds is 7. The van der Waals surface area contributed by atoms with E-state index in [9.17, 15) is 18.5 Å². The van der Waals surface area contributed by atoms with Crippen LogP contribution in [0.15, 0.2) is 41.3 Å². The van der Waals surface area contributed by atoms with Crippen molar-refractivity contribution in [2.75, 3.05) is 26.1 Å². The summed E-state index contributed by atoms with van der Waals surface area (Å²) in [6.45, 7) is 0. The Labute approximate surface area is 144 Å². The number of nitro groups is 1. The molecule has 0 aliphatic heterocycles. The van der Waals surface area contributed by atoms with Gasteiger partial charge in [-0.1, -0.05) is 0 Å². The Morgan fingerprint density at radius 2 is 1.56 bits per heavy atom. The Bertz CT molecular complexity index is 874. The van der Waals surface area contributed by atoms with Crippen LogP contribution in [0, 0.1) is 10.1 Å². The SMILES string of the molecule is COc1cc(NS(=O)(=O)c2ccc(OC)c([N+](=O)[O-])c2)cc(OC)c1. The minimum absolute atomic E-state index is 0.0352. The fourth-order valence-electron chi connectivity index (χ4n) is 2.06. The molecule has 0 unspecified atom stereocenters. The quantitative estimate of drug-likeness (QED) is 0.589. The van der Waals surface area contributed by atoms with Crippen molar-refractivity contribution >= 4 is 21.4 Å². The van der Waals surface area contributed by atoms with Gasteiger partial charge in [0.1, 0.15) is 11.5 Å². The van der Waals surface area contributed by atoms with Crippen LogP contribution < -0.4 is 18.9 Å². The van der Waals surface area contributed by atoms with E-state index in [1.54, 1.807) is 6.07 Å². The van der Waals surface area contributed by atoms with Gasteiger partial charge in [-0.2, -0.15) is 0 Å². The lowest BCUT2D eigenvalue weighted by Crippen LogP contribution is -2.13. The number of hydrogen-bond donors (Lipinski definition) is 1. The second-order valence-electron chi connectivity index (χ2n) is 4.80. The molecule has 2 aromatic carbocycles. The maximum atomic E-state index is 12.5. The van der Waals surface area contributed by atoms with E-state index in [-0.39, 0.29) is 16.3 Å². The summed E-state index contributed by atoms with van der Waals surface area (Å²) in [6, 6.07) is 7.86. The van der Waals surface area contributed by atoms with Crippen molar-refractivity contribution in [3.8, 4) is 17.2 Å². The Balaban J connectivity index is 2.43. The molecule has 2 rings (SSSR count). The van der Waals surface area contributed by atoms with Gasteiger partial charge in [0.15, 0.2) is 5.75 Å². The van der Waals surface area contributed by atoms with Crippen LogP contribution in [-0.2, 0) is 10.0 Å². The normalized spacial score (nSPS) is 10.8. The van der Waals surface area contributed by atoms with Crippen molar-refractivity contribution in [3.05, 3.63) is 46.5 Å². The molecule has 0 spiro atoms. The summed E-state index contributed by atoms with van der Waals surface area (Å²) in [5.41, 5.74) is -0.261. The highest BCUT2D eigenvalue weighted by molar-refractivity contribution is 7.92. The van der Waals surface area contributed by atoms with Crippen molar-refractivity contribution in [2.45, 2.75) is 4.90 Å². The van der Waals surface area contributed by atoms with E-state index >= 15 is 0 Å². The van der Waals surface area contributed by atoms with Crippen molar-refractivity contribution in [2.24, 2.45) is 0 Å². The average Bonchev–Trinajstić information content (AvgIpc) is 2.60. The van der Waals surface area contributed by atoms with Gasteiger partial charge in [-0.3, -0.25) is 14.8 Å². The third-order valence-electron chi connectivity index (χ3n) is 3.26. The molecule has 0 amide bonds. The van der Waals surface area contributed by atoms with E-state index in [1.807, 2.05) is 0 Å². The summed E-state index contributed by atoms with van der Waals surface area (Å²) in [6.07, 6.45) is 0. The fraction of sp³-hybridized carbons (Fsp3) is 0.200. The first-order valence-corrected chi connectivity index (χ1v) is 8.37. The van der Waals surface area contributed by atoms with Gasteiger partial charge in [-0.15, -0.1) is 0 Å². The number of ether oxygens (including phenoxy) is 3. The zero-order valence-electron chi connectivity index (χ0n) is 13.7. The van der Waals surface area contributed by atoms with Gasteiger partial charge < -0.3 is 14.2 Å². The molecule has 0 saturated heterocycles. The second-order valence-corrected chi connectivity index (χ2v) is 6.48. The Morgan fingerprint density at radius 1 is 0.960 bits per heavy atom. The molecule has 0 saturated carbocycles. The molecule has 0 bridgehead atoms. The first-order valence-electron chi connectivity index (χ1n) is 6.89. The van der Waals surface area contributed by atoms with Crippen LogP contribution in [0.3, 0.4) is 0 Å². The van der Waals surface area contributed by atoms with Crippen LogP contribution in [-0.4, -0.2) is 34.7 Å². The molecule has 2 aromatic rings. The van der Waals surface area contributed by atoms with E-state index in [1.165, 1.54) is 45.6 Å². The molecule has 9 nitrogen and oxygen atoms in total. The van der Waals surface area contributed by atoms with Crippen LogP contribution in [0.1, 0.15) is 0 Å². The molecule has 0 fully saturated rings. The molecule has 0 aliphatic carbocycles. The highest BCUT2D eigenvalue weighted by atomic mass is 32.2. The smallest absolute Gasteiger partial charge is 0.312 e. The van der Waals surface area contributed by atoms with Crippen LogP contribution >= 0.6 is 0 Å². The number of nitro benzene ring substituents is 1. The highest BCUT2D eigenvalue weighted by Crippen LogP contribution is 2.31. The van der Waals surface area contributed by atoms with Crippen molar-refractivity contribution in [1.82, 2.24) is 0 Å². The minimum Gasteiger partial charge on any atom is -0.497 e. The number of methoxy groups -OCH3 is 3. The number of anilines is 1. The number of benzene rings is 2. The lowest BCUT2D eigenvalue weighted by atomic mass is 10.3. The van der Waals surface area contributed by atoms with Crippen molar-refractivity contribution in [1.29, 1.82) is 0 Å². The van der Waals surface area contributed by atoms with E-state index in [4.69, 9.17) is 14.2 Å². The number of sulfonamides is 1. The predicted molar refractivity (Wildman–Crippen MR) is 90.0 cm³/mol. The molecule has 0 heterocycles. The Kier molecular flexibility index (Phi) is 5.32.